The Hall–Kier alpha value is -2.80. The van der Waals surface area contributed by atoms with Gasteiger partial charge in [0.15, 0.2) is 0 Å². The number of benzene rings is 1. The number of hydrogen-bond donors (Lipinski definition) is 1. The molecule has 4 heteroatoms. The molecule has 2 rings (SSSR count). The molecule has 0 saturated carbocycles. The Bertz CT molecular complexity index is 808. The average Bonchev–Trinajstić information content (AvgIpc) is 2.85. The van der Waals surface area contributed by atoms with Crippen LogP contribution in [0.15, 0.2) is 42.0 Å². The van der Waals surface area contributed by atoms with Crippen molar-refractivity contribution in [3.63, 3.8) is 0 Å². The number of hydrogen-bond acceptors (Lipinski definition) is 2. The van der Waals surface area contributed by atoms with Gasteiger partial charge in [0, 0.05) is 24.5 Å². The lowest BCUT2D eigenvalue weighted by Crippen LogP contribution is -2.23. The molecule has 0 aliphatic heterocycles. The summed E-state index contributed by atoms with van der Waals surface area (Å²) in [5.41, 5.74) is 4.27. The molecule has 0 atom stereocenters. The fourth-order valence-electron chi connectivity index (χ4n) is 2.80. The van der Waals surface area contributed by atoms with Crippen LogP contribution in [0.3, 0.4) is 0 Å². The van der Waals surface area contributed by atoms with Crippen LogP contribution in [-0.2, 0) is 17.9 Å². The number of nitriles is 1. The molecule has 0 aliphatic rings. The van der Waals surface area contributed by atoms with Crippen molar-refractivity contribution >= 4 is 12.0 Å². The molecule has 1 amide bonds. The van der Waals surface area contributed by atoms with Gasteiger partial charge in [0.05, 0.1) is 0 Å². The van der Waals surface area contributed by atoms with Crippen LogP contribution in [0.5, 0.6) is 0 Å². The third-order valence-corrected chi connectivity index (χ3v) is 4.12. The van der Waals surface area contributed by atoms with E-state index in [-0.39, 0.29) is 11.5 Å². The zero-order chi connectivity index (χ0) is 18.4. The molecule has 0 spiro atoms. The molecule has 1 N–H and O–H groups in total. The van der Waals surface area contributed by atoms with Gasteiger partial charge in [-0.15, -0.1) is 0 Å². The minimum absolute atomic E-state index is 0.126. The largest absolute Gasteiger partial charge is 0.348 e. The molecule has 0 radical (unpaired) electrons. The molecule has 0 bridgehead atoms. The van der Waals surface area contributed by atoms with Crippen molar-refractivity contribution in [3.8, 4) is 6.07 Å². The van der Waals surface area contributed by atoms with Gasteiger partial charge >= 0.3 is 0 Å². The van der Waals surface area contributed by atoms with Crippen LogP contribution < -0.4 is 5.32 Å². The maximum atomic E-state index is 12.3. The number of nitrogens with zero attached hydrogens (tertiary/aromatic N) is 2. The van der Waals surface area contributed by atoms with Crippen molar-refractivity contribution in [1.29, 1.82) is 5.26 Å². The highest BCUT2D eigenvalue weighted by molar-refractivity contribution is 6.01. The van der Waals surface area contributed by atoms with Crippen molar-refractivity contribution in [1.82, 2.24) is 9.88 Å². The lowest BCUT2D eigenvalue weighted by molar-refractivity contribution is -0.117. The summed E-state index contributed by atoms with van der Waals surface area (Å²) in [5, 5.41) is 12.2. The monoisotopic (exact) mass is 335 g/mol. The van der Waals surface area contributed by atoms with Crippen LogP contribution in [0.2, 0.25) is 0 Å². The predicted octanol–water partition coefficient (Wildman–Crippen LogP) is 3.98. The van der Waals surface area contributed by atoms with E-state index in [0.717, 1.165) is 29.1 Å². The predicted molar refractivity (Wildman–Crippen MR) is 101 cm³/mol. The van der Waals surface area contributed by atoms with Gasteiger partial charge in [0.25, 0.3) is 5.91 Å². The lowest BCUT2D eigenvalue weighted by Gasteiger charge is -2.12. The third kappa shape index (κ3) is 4.84. The van der Waals surface area contributed by atoms with E-state index in [1.807, 2.05) is 56.3 Å². The Morgan fingerprint density at radius 2 is 1.96 bits per heavy atom. The lowest BCUT2D eigenvalue weighted by atomic mass is 10.1. The van der Waals surface area contributed by atoms with Gasteiger partial charge in [-0.2, -0.15) is 5.26 Å². The molecule has 1 aromatic carbocycles. The second-order valence-corrected chi connectivity index (χ2v) is 6.67. The highest BCUT2D eigenvalue weighted by Crippen LogP contribution is 2.19. The minimum Gasteiger partial charge on any atom is -0.348 e. The summed E-state index contributed by atoms with van der Waals surface area (Å²) in [6.45, 7) is 9.75. The first kappa shape index (κ1) is 18.5. The van der Waals surface area contributed by atoms with Crippen molar-refractivity contribution in [2.24, 2.45) is 5.92 Å². The zero-order valence-corrected chi connectivity index (χ0v) is 15.3. The van der Waals surface area contributed by atoms with Crippen molar-refractivity contribution in [3.05, 3.63) is 64.5 Å². The highest BCUT2D eigenvalue weighted by atomic mass is 16.1. The molecular weight excluding hydrogens is 310 g/mol. The van der Waals surface area contributed by atoms with Gasteiger partial charge in [-0.1, -0.05) is 44.2 Å². The normalized spacial score (nSPS) is 11.4. The molecule has 0 saturated heterocycles. The Morgan fingerprint density at radius 1 is 1.28 bits per heavy atom. The summed E-state index contributed by atoms with van der Waals surface area (Å²) in [4.78, 5) is 12.3. The van der Waals surface area contributed by atoms with E-state index in [9.17, 15) is 10.1 Å². The van der Waals surface area contributed by atoms with Gasteiger partial charge in [-0.3, -0.25) is 4.79 Å². The maximum Gasteiger partial charge on any atom is 0.262 e. The first-order valence-electron chi connectivity index (χ1n) is 8.53. The van der Waals surface area contributed by atoms with Gasteiger partial charge in [-0.25, -0.2) is 0 Å². The van der Waals surface area contributed by atoms with Gasteiger partial charge in [0.2, 0.25) is 0 Å². The summed E-state index contributed by atoms with van der Waals surface area (Å²) < 4.78 is 2.23. The van der Waals surface area contributed by atoms with Crippen molar-refractivity contribution in [2.45, 2.75) is 40.8 Å². The van der Waals surface area contributed by atoms with Crippen molar-refractivity contribution in [2.75, 3.05) is 0 Å². The molecule has 0 unspecified atom stereocenters. The molecular formula is C21H25N3O. The zero-order valence-electron chi connectivity index (χ0n) is 15.3. The first-order valence-corrected chi connectivity index (χ1v) is 8.53. The number of amides is 1. The topological polar surface area (TPSA) is 57.8 Å². The van der Waals surface area contributed by atoms with E-state index >= 15 is 0 Å². The summed E-state index contributed by atoms with van der Waals surface area (Å²) in [6.07, 6.45) is 1.68. The Morgan fingerprint density at radius 3 is 2.56 bits per heavy atom. The van der Waals surface area contributed by atoms with E-state index in [2.05, 4.69) is 23.7 Å². The van der Waals surface area contributed by atoms with Gasteiger partial charge in [0.1, 0.15) is 11.6 Å². The van der Waals surface area contributed by atoms with Crippen LogP contribution in [-0.4, -0.2) is 10.5 Å². The number of nitrogens with one attached hydrogen (secondary N) is 1. The number of carbonyl (C=O) groups excluding carboxylic acids is 1. The summed E-state index contributed by atoms with van der Waals surface area (Å²) in [6, 6.07) is 13.7. The SMILES string of the molecule is Cc1cc(/C=C(\C#N)C(=O)NCc2ccccc2)c(C)n1CC(C)C. The Balaban J connectivity index is 2.17. The van der Waals surface area contributed by atoms with E-state index in [1.54, 1.807) is 6.08 Å². The van der Waals surface area contributed by atoms with Crippen LogP contribution >= 0.6 is 0 Å². The molecule has 25 heavy (non-hydrogen) atoms. The smallest absolute Gasteiger partial charge is 0.262 e. The van der Waals surface area contributed by atoms with Crippen molar-refractivity contribution < 1.29 is 4.79 Å². The molecule has 2 aromatic rings. The fourth-order valence-corrected chi connectivity index (χ4v) is 2.80. The minimum atomic E-state index is -0.347. The molecule has 0 fully saturated rings. The number of rotatable bonds is 6. The number of carbonyl (C=O) groups is 1. The summed E-state index contributed by atoms with van der Waals surface area (Å²) in [7, 11) is 0. The maximum absolute atomic E-state index is 12.3. The summed E-state index contributed by atoms with van der Waals surface area (Å²) in [5.74, 6) is 0.186. The molecule has 130 valence electrons. The average molecular weight is 335 g/mol. The molecule has 4 nitrogen and oxygen atoms in total. The Labute approximate surface area is 149 Å². The van der Waals surface area contributed by atoms with Gasteiger partial charge < -0.3 is 9.88 Å². The summed E-state index contributed by atoms with van der Waals surface area (Å²) >= 11 is 0. The van der Waals surface area contributed by atoms with Crippen LogP contribution in [0.25, 0.3) is 6.08 Å². The van der Waals surface area contributed by atoms with Crippen LogP contribution in [0.4, 0.5) is 0 Å². The standard InChI is InChI=1S/C21H25N3O/c1-15(2)14-24-16(3)10-19(17(24)4)11-20(12-22)21(25)23-13-18-8-6-5-7-9-18/h5-11,15H,13-14H2,1-4H3,(H,23,25)/b20-11+. The fraction of sp³-hybridized carbons (Fsp3) is 0.333. The van der Waals surface area contributed by atoms with E-state index in [1.165, 1.54) is 0 Å². The second-order valence-electron chi connectivity index (χ2n) is 6.67. The molecule has 0 aliphatic carbocycles. The highest BCUT2D eigenvalue weighted by Gasteiger charge is 2.13. The van der Waals surface area contributed by atoms with Crippen LogP contribution in [0.1, 0.15) is 36.4 Å². The van der Waals surface area contributed by atoms with E-state index in [4.69, 9.17) is 0 Å². The number of aromatic nitrogens is 1. The Kier molecular flexibility index (Phi) is 6.19. The molecule has 1 aromatic heterocycles. The number of aryl methyl sites for hydroxylation is 1. The molecule has 1 heterocycles. The first-order chi connectivity index (χ1) is 11.9. The van der Waals surface area contributed by atoms with E-state index < -0.39 is 0 Å². The third-order valence-electron chi connectivity index (χ3n) is 4.12. The second kappa shape index (κ2) is 8.34. The quantitative estimate of drug-likeness (QED) is 0.641. The van der Waals surface area contributed by atoms with E-state index in [0.29, 0.717) is 12.5 Å². The van der Waals surface area contributed by atoms with Gasteiger partial charge in [-0.05, 0) is 43.0 Å². The van der Waals surface area contributed by atoms with Crippen LogP contribution in [0, 0.1) is 31.1 Å².